The molecule has 74 valence electrons. The van der Waals surface area contributed by atoms with Gasteiger partial charge in [-0.25, -0.2) is 0 Å². The number of terminal acetylenes is 1. The largest absolute Gasteiger partial charge is 0.298 e. The van der Waals surface area contributed by atoms with Gasteiger partial charge in [0.05, 0.1) is 0 Å². The number of hydrogen-bond donors (Lipinski definition) is 0. The monoisotopic (exact) mass is 179 g/mol. The first kappa shape index (κ1) is 10.6. The van der Waals surface area contributed by atoms with Crippen molar-refractivity contribution in [2.24, 2.45) is 5.92 Å². The molecular formula is C12H21N. The van der Waals surface area contributed by atoms with Crippen LogP contribution in [0.1, 0.15) is 40.0 Å². The highest BCUT2D eigenvalue weighted by Gasteiger charge is 2.26. The van der Waals surface area contributed by atoms with Gasteiger partial charge < -0.3 is 0 Å². The molecule has 0 unspecified atom stereocenters. The van der Waals surface area contributed by atoms with Crippen molar-refractivity contribution in [2.75, 3.05) is 13.1 Å². The summed E-state index contributed by atoms with van der Waals surface area (Å²) in [5.74, 6) is 3.55. The Morgan fingerprint density at radius 3 is 2.23 bits per heavy atom. The predicted molar refractivity (Wildman–Crippen MR) is 57.5 cm³/mol. The average Bonchev–Trinajstić information content (AvgIpc) is 2.04. The molecule has 1 heterocycles. The van der Waals surface area contributed by atoms with Gasteiger partial charge in [-0.05, 0) is 52.6 Å². The third-order valence-corrected chi connectivity index (χ3v) is 2.97. The van der Waals surface area contributed by atoms with Gasteiger partial charge in [-0.3, -0.25) is 4.90 Å². The van der Waals surface area contributed by atoms with Crippen LogP contribution in [0.5, 0.6) is 0 Å². The summed E-state index contributed by atoms with van der Waals surface area (Å²) in [5.41, 5.74) is 0.334. The molecular weight excluding hydrogens is 158 g/mol. The molecule has 0 radical (unpaired) electrons. The van der Waals surface area contributed by atoms with Crippen LogP contribution in [-0.4, -0.2) is 23.5 Å². The highest BCUT2D eigenvalue weighted by atomic mass is 15.2. The minimum absolute atomic E-state index is 0.334. The third-order valence-electron chi connectivity index (χ3n) is 2.97. The Labute approximate surface area is 82.5 Å². The molecule has 1 aliphatic heterocycles. The molecule has 13 heavy (non-hydrogen) atoms. The topological polar surface area (TPSA) is 3.24 Å². The summed E-state index contributed by atoms with van der Waals surface area (Å²) in [5, 5.41) is 0. The van der Waals surface area contributed by atoms with Crippen LogP contribution in [0, 0.1) is 18.3 Å². The van der Waals surface area contributed by atoms with Gasteiger partial charge in [0.1, 0.15) is 0 Å². The van der Waals surface area contributed by atoms with Gasteiger partial charge in [-0.15, -0.1) is 12.3 Å². The number of piperidine rings is 1. The second-order valence-corrected chi connectivity index (χ2v) is 5.01. The fraction of sp³-hybridized carbons (Fsp3) is 0.833. The summed E-state index contributed by atoms with van der Waals surface area (Å²) in [7, 11) is 0. The molecule has 0 saturated carbocycles. The van der Waals surface area contributed by atoms with Crippen molar-refractivity contribution in [3.05, 3.63) is 0 Å². The summed E-state index contributed by atoms with van der Waals surface area (Å²) in [6, 6.07) is 0. The predicted octanol–water partition coefficient (Wildman–Crippen LogP) is 2.52. The van der Waals surface area contributed by atoms with Gasteiger partial charge in [0.25, 0.3) is 0 Å². The first-order chi connectivity index (χ1) is 6.04. The molecule has 1 saturated heterocycles. The van der Waals surface area contributed by atoms with Gasteiger partial charge in [0.15, 0.2) is 0 Å². The van der Waals surface area contributed by atoms with Gasteiger partial charge >= 0.3 is 0 Å². The molecule has 0 amide bonds. The minimum atomic E-state index is 0.334. The number of rotatable bonds is 1. The maximum atomic E-state index is 5.32. The van der Waals surface area contributed by atoms with Crippen LogP contribution < -0.4 is 0 Å². The first-order valence-corrected chi connectivity index (χ1v) is 5.22. The molecule has 0 N–H and O–H groups in total. The van der Waals surface area contributed by atoms with E-state index in [1.807, 2.05) is 0 Å². The maximum absolute atomic E-state index is 5.32. The Balaban J connectivity index is 2.36. The normalized spacial score (nSPS) is 21.4. The molecule has 1 aliphatic rings. The summed E-state index contributed by atoms with van der Waals surface area (Å²) in [4.78, 5) is 2.56. The molecule has 1 heteroatoms. The van der Waals surface area contributed by atoms with Gasteiger partial charge in [0.2, 0.25) is 0 Å². The lowest BCUT2D eigenvalue weighted by Gasteiger charge is -2.40. The Kier molecular flexibility index (Phi) is 3.39. The Hall–Kier alpha value is -0.480. The summed E-state index contributed by atoms with van der Waals surface area (Å²) >= 11 is 0. The third kappa shape index (κ3) is 3.04. The van der Waals surface area contributed by atoms with E-state index in [0.29, 0.717) is 5.54 Å². The van der Waals surface area contributed by atoms with Crippen molar-refractivity contribution in [3.63, 3.8) is 0 Å². The fourth-order valence-electron chi connectivity index (χ4n) is 1.97. The highest BCUT2D eigenvalue weighted by Crippen LogP contribution is 2.25. The van der Waals surface area contributed by atoms with E-state index in [9.17, 15) is 0 Å². The Morgan fingerprint density at radius 1 is 1.31 bits per heavy atom. The lowest BCUT2D eigenvalue weighted by Crippen LogP contribution is -2.46. The van der Waals surface area contributed by atoms with E-state index >= 15 is 0 Å². The second kappa shape index (κ2) is 4.15. The van der Waals surface area contributed by atoms with Gasteiger partial charge in [-0.2, -0.15) is 0 Å². The maximum Gasteiger partial charge on any atom is 0.0125 e. The number of nitrogens with zero attached hydrogens (tertiary/aromatic N) is 1. The Morgan fingerprint density at radius 2 is 1.85 bits per heavy atom. The van der Waals surface area contributed by atoms with Crippen LogP contribution >= 0.6 is 0 Å². The number of likely N-dealkylation sites (tertiary alicyclic amines) is 1. The lowest BCUT2D eigenvalue weighted by atomic mass is 9.91. The molecule has 0 bridgehead atoms. The molecule has 0 atom stereocenters. The van der Waals surface area contributed by atoms with Crippen molar-refractivity contribution in [2.45, 2.75) is 45.6 Å². The zero-order chi connectivity index (χ0) is 9.90. The van der Waals surface area contributed by atoms with Crippen LogP contribution in [0.2, 0.25) is 0 Å². The molecule has 0 aromatic heterocycles. The van der Waals surface area contributed by atoms with E-state index < -0.39 is 0 Å². The van der Waals surface area contributed by atoms with Crippen LogP contribution in [0.3, 0.4) is 0 Å². The lowest BCUT2D eigenvalue weighted by molar-refractivity contribution is 0.0887. The average molecular weight is 179 g/mol. The molecule has 1 rings (SSSR count). The fourth-order valence-corrected chi connectivity index (χ4v) is 1.97. The Bertz CT molecular complexity index is 186. The SMILES string of the molecule is C#CCC1CCN(C(C)(C)C)CC1. The van der Waals surface area contributed by atoms with Crippen LogP contribution in [0.25, 0.3) is 0 Å². The van der Waals surface area contributed by atoms with Crippen molar-refractivity contribution in [1.82, 2.24) is 4.90 Å². The molecule has 0 aromatic rings. The van der Waals surface area contributed by atoms with E-state index in [2.05, 4.69) is 31.6 Å². The summed E-state index contributed by atoms with van der Waals surface area (Å²) in [6.45, 7) is 9.29. The second-order valence-electron chi connectivity index (χ2n) is 5.01. The van der Waals surface area contributed by atoms with Crippen molar-refractivity contribution < 1.29 is 0 Å². The van der Waals surface area contributed by atoms with E-state index in [0.717, 1.165) is 12.3 Å². The first-order valence-electron chi connectivity index (χ1n) is 5.22. The van der Waals surface area contributed by atoms with E-state index in [4.69, 9.17) is 6.42 Å². The van der Waals surface area contributed by atoms with Gasteiger partial charge in [0, 0.05) is 12.0 Å². The van der Waals surface area contributed by atoms with E-state index in [-0.39, 0.29) is 0 Å². The molecule has 0 aromatic carbocycles. The summed E-state index contributed by atoms with van der Waals surface area (Å²) in [6.07, 6.45) is 8.84. The van der Waals surface area contributed by atoms with Crippen LogP contribution in [0.4, 0.5) is 0 Å². The zero-order valence-corrected chi connectivity index (χ0v) is 9.14. The quantitative estimate of drug-likeness (QED) is 0.559. The van der Waals surface area contributed by atoms with Crippen molar-refractivity contribution in [3.8, 4) is 12.3 Å². The van der Waals surface area contributed by atoms with Crippen LogP contribution in [-0.2, 0) is 0 Å². The molecule has 1 nitrogen and oxygen atoms in total. The van der Waals surface area contributed by atoms with E-state index in [1.165, 1.54) is 25.9 Å². The van der Waals surface area contributed by atoms with Crippen molar-refractivity contribution >= 4 is 0 Å². The van der Waals surface area contributed by atoms with E-state index in [1.54, 1.807) is 0 Å². The minimum Gasteiger partial charge on any atom is -0.298 e. The molecule has 1 fully saturated rings. The van der Waals surface area contributed by atoms with Gasteiger partial charge in [-0.1, -0.05) is 0 Å². The van der Waals surface area contributed by atoms with Crippen LogP contribution in [0.15, 0.2) is 0 Å². The highest BCUT2D eigenvalue weighted by molar-refractivity contribution is 4.90. The number of hydrogen-bond acceptors (Lipinski definition) is 1. The smallest absolute Gasteiger partial charge is 0.0125 e. The molecule has 0 aliphatic carbocycles. The zero-order valence-electron chi connectivity index (χ0n) is 9.14. The molecule has 0 spiro atoms. The standard InChI is InChI=1S/C12H21N/c1-5-6-11-7-9-13(10-8-11)12(2,3)4/h1,11H,6-10H2,2-4H3. The summed E-state index contributed by atoms with van der Waals surface area (Å²) < 4.78 is 0. The van der Waals surface area contributed by atoms with Crippen molar-refractivity contribution in [1.29, 1.82) is 0 Å².